The number of rotatable bonds is 6. The van der Waals surface area contributed by atoms with Gasteiger partial charge in [0.05, 0.1) is 18.6 Å². The van der Waals surface area contributed by atoms with Crippen LogP contribution < -0.4 is 5.32 Å². The van der Waals surface area contributed by atoms with E-state index in [1.807, 2.05) is 6.92 Å². The molecular formula is C15H18ClN3O3. The zero-order chi connectivity index (χ0) is 16.1. The SMILES string of the molecule is CCC(NC(=O)CC(O)c1ccc(Cl)cc1)c1noc(C)n1. The predicted molar refractivity (Wildman–Crippen MR) is 81.2 cm³/mol. The molecule has 6 nitrogen and oxygen atoms in total. The summed E-state index contributed by atoms with van der Waals surface area (Å²) in [4.78, 5) is 16.2. The van der Waals surface area contributed by atoms with Crippen LogP contribution in [0.5, 0.6) is 0 Å². The molecule has 2 N–H and O–H groups in total. The number of nitrogens with zero attached hydrogens (tertiary/aromatic N) is 2. The van der Waals surface area contributed by atoms with Crippen LogP contribution in [0.1, 0.15) is 49.2 Å². The summed E-state index contributed by atoms with van der Waals surface area (Å²) in [5, 5.41) is 17.3. The van der Waals surface area contributed by atoms with E-state index in [2.05, 4.69) is 15.5 Å². The molecule has 0 spiro atoms. The van der Waals surface area contributed by atoms with Crippen molar-refractivity contribution in [2.24, 2.45) is 0 Å². The van der Waals surface area contributed by atoms with Crippen LogP contribution in [0.15, 0.2) is 28.8 Å². The first-order valence-electron chi connectivity index (χ1n) is 7.02. The molecule has 2 aromatic rings. The van der Waals surface area contributed by atoms with Crippen LogP contribution in [0, 0.1) is 6.92 Å². The number of aromatic nitrogens is 2. The fraction of sp³-hybridized carbons (Fsp3) is 0.400. The zero-order valence-electron chi connectivity index (χ0n) is 12.4. The van der Waals surface area contributed by atoms with Crippen LogP contribution in [-0.4, -0.2) is 21.2 Å². The van der Waals surface area contributed by atoms with Gasteiger partial charge in [-0.3, -0.25) is 4.79 Å². The number of nitrogens with one attached hydrogen (secondary N) is 1. The Hall–Kier alpha value is -1.92. The lowest BCUT2D eigenvalue weighted by Gasteiger charge is -2.15. The monoisotopic (exact) mass is 323 g/mol. The molecule has 1 heterocycles. The highest BCUT2D eigenvalue weighted by molar-refractivity contribution is 6.30. The van der Waals surface area contributed by atoms with Gasteiger partial charge >= 0.3 is 0 Å². The maximum absolute atomic E-state index is 12.1. The molecule has 0 saturated carbocycles. The van der Waals surface area contributed by atoms with E-state index < -0.39 is 6.10 Å². The molecule has 2 unspecified atom stereocenters. The molecule has 0 fully saturated rings. The lowest BCUT2D eigenvalue weighted by molar-refractivity contribution is -0.123. The second kappa shape index (κ2) is 7.38. The molecule has 7 heteroatoms. The average Bonchev–Trinajstić information content (AvgIpc) is 2.91. The van der Waals surface area contributed by atoms with Gasteiger partial charge in [-0.1, -0.05) is 35.8 Å². The molecule has 1 amide bonds. The van der Waals surface area contributed by atoms with Crippen LogP contribution in [-0.2, 0) is 4.79 Å². The third-order valence-electron chi connectivity index (χ3n) is 3.23. The number of hydrogen-bond acceptors (Lipinski definition) is 5. The minimum Gasteiger partial charge on any atom is -0.388 e. The molecule has 0 aliphatic rings. The predicted octanol–water partition coefficient (Wildman–Crippen LogP) is 2.72. The molecule has 2 atom stereocenters. The maximum Gasteiger partial charge on any atom is 0.223 e. The summed E-state index contributed by atoms with van der Waals surface area (Å²) in [6, 6.07) is 6.41. The van der Waals surface area contributed by atoms with E-state index >= 15 is 0 Å². The number of aryl methyl sites for hydroxylation is 1. The van der Waals surface area contributed by atoms with Crippen molar-refractivity contribution in [2.45, 2.75) is 38.8 Å². The second-order valence-electron chi connectivity index (χ2n) is 4.97. The molecule has 0 aliphatic heterocycles. The summed E-state index contributed by atoms with van der Waals surface area (Å²) in [6.07, 6.45) is -0.307. The number of aliphatic hydroxyl groups is 1. The van der Waals surface area contributed by atoms with E-state index in [4.69, 9.17) is 16.1 Å². The molecule has 1 aromatic heterocycles. The summed E-state index contributed by atoms with van der Waals surface area (Å²) in [6.45, 7) is 3.60. The minimum absolute atomic E-state index is 0.0467. The Balaban J connectivity index is 1.95. The number of carbonyl (C=O) groups excluding carboxylic acids is 1. The topological polar surface area (TPSA) is 88.2 Å². The van der Waals surface area contributed by atoms with E-state index in [1.54, 1.807) is 31.2 Å². The number of aliphatic hydroxyl groups excluding tert-OH is 1. The summed E-state index contributed by atoms with van der Waals surface area (Å²) < 4.78 is 4.92. The second-order valence-corrected chi connectivity index (χ2v) is 5.41. The highest BCUT2D eigenvalue weighted by atomic mass is 35.5. The maximum atomic E-state index is 12.1. The van der Waals surface area contributed by atoms with Crippen molar-refractivity contribution < 1.29 is 14.4 Å². The summed E-state index contributed by atoms with van der Waals surface area (Å²) >= 11 is 5.80. The zero-order valence-corrected chi connectivity index (χ0v) is 13.2. The average molecular weight is 324 g/mol. The Morgan fingerprint density at radius 3 is 2.64 bits per heavy atom. The molecule has 0 bridgehead atoms. The molecule has 0 radical (unpaired) electrons. The van der Waals surface area contributed by atoms with Gasteiger partial charge in [0.25, 0.3) is 0 Å². The molecular weight excluding hydrogens is 306 g/mol. The normalized spacial score (nSPS) is 13.6. The Kier molecular flexibility index (Phi) is 5.51. The van der Waals surface area contributed by atoms with Gasteiger partial charge in [0.15, 0.2) is 5.82 Å². The van der Waals surface area contributed by atoms with Gasteiger partial charge in [-0.2, -0.15) is 4.98 Å². The van der Waals surface area contributed by atoms with Crippen molar-refractivity contribution in [3.8, 4) is 0 Å². The van der Waals surface area contributed by atoms with E-state index in [-0.39, 0.29) is 18.4 Å². The van der Waals surface area contributed by atoms with Crippen LogP contribution in [0.2, 0.25) is 5.02 Å². The van der Waals surface area contributed by atoms with E-state index in [1.165, 1.54) is 0 Å². The quantitative estimate of drug-likeness (QED) is 0.853. The van der Waals surface area contributed by atoms with Gasteiger partial charge in [0.2, 0.25) is 11.8 Å². The molecule has 0 aliphatic carbocycles. The van der Waals surface area contributed by atoms with Crippen LogP contribution >= 0.6 is 11.6 Å². The number of amides is 1. The lowest BCUT2D eigenvalue weighted by atomic mass is 10.1. The fourth-order valence-corrected chi connectivity index (χ4v) is 2.16. The van der Waals surface area contributed by atoms with E-state index in [9.17, 15) is 9.90 Å². The number of benzene rings is 1. The highest BCUT2D eigenvalue weighted by Gasteiger charge is 2.20. The van der Waals surface area contributed by atoms with Crippen molar-refractivity contribution in [3.63, 3.8) is 0 Å². The number of carbonyl (C=O) groups is 1. The lowest BCUT2D eigenvalue weighted by Crippen LogP contribution is -2.30. The van der Waals surface area contributed by atoms with E-state index in [0.717, 1.165) is 0 Å². The smallest absolute Gasteiger partial charge is 0.223 e. The van der Waals surface area contributed by atoms with Crippen molar-refractivity contribution in [3.05, 3.63) is 46.6 Å². The molecule has 22 heavy (non-hydrogen) atoms. The Morgan fingerprint density at radius 2 is 2.09 bits per heavy atom. The molecule has 0 saturated heterocycles. The van der Waals surface area contributed by atoms with Gasteiger partial charge in [0.1, 0.15) is 0 Å². The summed E-state index contributed by atoms with van der Waals surface area (Å²) in [5.74, 6) is 0.606. The standard InChI is InChI=1S/C15H18ClN3O3/c1-3-12(15-17-9(2)22-19-15)18-14(21)8-13(20)10-4-6-11(16)7-5-10/h4-7,12-13,20H,3,8H2,1-2H3,(H,18,21). The first-order valence-corrected chi connectivity index (χ1v) is 7.40. The Bertz CT molecular complexity index is 627. The Morgan fingerprint density at radius 1 is 1.41 bits per heavy atom. The Labute approximate surface area is 133 Å². The van der Waals surface area contributed by atoms with Crippen molar-refractivity contribution in [2.75, 3.05) is 0 Å². The van der Waals surface area contributed by atoms with Crippen molar-refractivity contribution in [1.29, 1.82) is 0 Å². The first kappa shape index (κ1) is 16.5. The summed E-state index contributed by atoms with van der Waals surface area (Å²) in [7, 11) is 0. The van der Waals surface area contributed by atoms with Crippen LogP contribution in [0.4, 0.5) is 0 Å². The first-order chi connectivity index (χ1) is 10.5. The highest BCUT2D eigenvalue weighted by Crippen LogP contribution is 2.20. The minimum atomic E-state index is -0.887. The molecule has 118 valence electrons. The van der Waals surface area contributed by atoms with Gasteiger partial charge in [-0.05, 0) is 24.1 Å². The summed E-state index contributed by atoms with van der Waals surface area (Å²) in [5.41, 5.74) is 0.642. The van der Waals surface area contributed by atoms with Gasteiger partial charge in [0, 0.05) is 11.9 Å². The van der Waals surface area contributed by atoms with Crippen molar-refractivity contribution in [1.82, 2.24) is 15.5 Å². The van der Waals surface area contributed by atoms with E-state index in [0.29, 0.717) is 28.7 Å². The van der Waals surface area contributed by atoms with Crippen molar-refractivity contribution >= 4 is 17.5 Å². The van der Waals surface area contributed by atoms with Crippen LogP contribution in [0.3, 0.4) is 0 Å². The molecule has 1 aromatic carbocycles. The third-order valence-corrected chi connectivity index (χ3v) is 3.48. The van der Waals surface area contributed by atoms with Gasteiger partial charge in [-0.15, -0.1) is 0 Å². The third kappa shape index (κ3) is 4.29. The van der Waals surface area contributed by atoms with Gasteiger partial charge < -0.3 is 14.9 Å². The fourth-order valence-electron chi connectivity index (χ4n) is 2.04. The largest absolute Gasteiger partial charge is 0.388 e. The van der Waals surface area contributed by atoms with Crippen LogP contribution in [0.25, 0.3) is 0 Å². The molecule has 2 rings (SSSR count). The number of hydrogen-bond donors (Lipinski definition) is 2. The number of halogens is 1. The van der Waals surface area contributed by atoms with Gasteiger partial charge in [-0.25, -0.2) is 0 Å².